The highest BCUT2D eigenvalue weighted by Crippen LogP contribution is 2.22. The lowest BCUT2D eigenvalue weighted by atomic mass is 10.1. The van der Waals surface area contributed by atoms with Crippen molar-refractivity contribution < 1.29 is 8.85 Å². The smallest absolute Gasteiger partial charge is 0.326 e. The molecule has 0 aliphatic carbocycles. The van der Waals surface area contributed by atoms with E-state index in [0.717, 1.165) is 6.42 Å². The molecular formula is C15H25ClO2Si. The van der Waals surface area contributed by atoms with Crippen LogP contribution in [0.3, 0.4) is 0 Å². The second kappa shape index (κ2) is 8.75. The van der Waals surface area contributed by atoms with Crippen molar-refractivity contribution in [1.29, 1.82) is 0 Å². The van der Waals surface area contributed by atoms with Gasteiger partial charge < -0.3 is 8.85 Å². The Balaban J connectivity index is 2.71. The Morgan fingerprint density at radius 2 is 1.53 bits per heavy atom. The first-order valence-electron chi connectivity index (χ1n) is 6.93. The van der Waals surface area contributed by atoms with Gasteiger partial charge in [-0.25, -0.2) is 0 Å². The number of hydrogen-bond donors (Lipinski definition) is 0. The average molecular weight is 301 g/mol. The van der Waals surface area contributed by atoms with E-state index in [1.165, 1.54) is 5.56 Å². The van der Waals surface area contributed by atoms with Gasteiger partial charge in [0.1, 0.15) is 0 Å². The minimum Gasteiger partial charge on any atom is -0.394 e. The van der Waals surface area contributed by atoms with Gasteiger partial charge >= 0.3 is 9.28 Å². The average Bonchev–Trinajstić information content (AvgIpc) is 2.35. The molecule has 1 aromatic carbocycles. The van der Waals surface area contributed by atoms with Crippen molar-refractivity contribution >= 4 is 20.9 Å². The van der Waals surface area contributed by atoms with E-state index < -0.39 is 9.28 Å². The minimum absolute atomic E-state index is 0.192. The fourth-order valence-corrected chi connectivity index (χ4v) is 4.67. The molecule has 4 heteroatoms. The lowest BCUT2D eigenvalue weighted by molar-refractivity contribution is 0.124. The van der Waals surface area contributed by atoms with Crippen molar-refractivity contribution in [2.75, 3.05) is 5.88 Å². The van der Waals surface area contributed by atoms with E-state index in [4.69, 9.17) is 20.5 Å². The van der Waals surface area contributed by atoms with Gasteiger partial charge in [0.15, 0.2) is 0 Å². The fourth-order valence-electron chi connectivity index (χ4n) is 1.93. The van der Waals surface area contributed by atoms with Gasteiger partial charge in [-0.3, -0.25) is 0 Å². The molecule has 19 heavy (non-hydrogen) atoms. The summed E-state index contributed by atoms with van der Waals surface area (Å²) in [5, 5.41) is 0. The largest absolute Gasteiger partial charge is 0.394 e. The van der Waals surface area contributed by atoms with Crippen molar-refractivity contribution in [3.63, 3.8) is 0 Å². The van der Waals surface area contributed by atoms with E-state index >= 15 is 0 Å². The number of halogens is 1. The van der Waals surface area contributed by atoms with Crippen LogP contribution in [0.4, 0.5) is 0 Å². The molecule has 1 rings (SSSR count). The molecule has 0 aliphatic rings. The summed E-state index contributed by atoms with van der Waals surface area (Å²) in [6.07, 6.45) is 1.31. The maximum Gasteiger partial charge on any atom is 0.326 e. The van der Waals surface area contributed by atoms with E-state index in [1.54, 1.807) is 0 Å². The molecule has 108 valence electrons. The topological polar surface area (TPSA) is 18.5 Å². The monoisotopic (exact) mass is 300 g/mol. The van der Waals surface area contributed by atoms with E-state index in [-0.39, 0.29) is 12.2 Å². The highest BCUT2D eigenvalue weighted by Gasteiger charge is 2.28. The third-order valence-corrected chi connectivity index (χ3v) is 6.30. The molecule has 0 heterocycles. The zero-order valence-electron chi connectivity index (χ0n) is 12.3. The van der Waals surface area contributed by atoms with Gasteiger partial charge in [0.05, 0.1) is 0 Å². The third-order valence-electron chi connectivity index (χ3n) is 2.74. The summed E-state index contributed by atoms with van der Waals surface area (Å²) in [6.45, 7) is 8.21. The second-order valence-electron chi connectivity index (χ2n) is 5.34. The lowest BCUT2D eigenvalue weighted by Crippen LogP contribution is -2.36. The van der Waals surface area contributed by atoms with Crippen LogP contribution in [-0.4, -0.2) is 27.4 Å². The van der Waals surface area contributed by atoms with Gasteiger partial charge in [0.2, 0.25) is 0 Å². The van der Waals surface area contributed by atoms with Crippen LogP contribution in [0.15, 0.2) is 30.3 Å². The SMILES string of the molecule is CC(C)O[SiH](OC(C)C)C(CCl)Cc1ccccc1. The summed E-state index contributed by atoms with van der Waals surface area (Å²) in [7, 11) is -1.77. The Bertz CT molecular complexity index is 333. The maximum atomic E-state index is 6.15. The van der Waals surface area contributed by atoms with Crippen LogP contribution in [-0.2, 0) is 15.3 Å². The molecule has 0 saturated carbocycles. The molecule has 0 spiro atoms. The molecule has 0 aromatic heterocycles. The van der Waals surface area contributed by atoms with Gasteiger partial charge in [-0.1, -0.05) is 30.3 Å². The normalized spacial score (nSPS) is 13.5. The lowest BCUT2D eigenvalue weighted by Gasteiger charge is -2.27. The summed E-state index contributed by atoms with van der Waals surface area (Å²) in [6, 6.07) is 10.4. The molecule has 1 aromatic rings. The molecule has 1 unspecified atom stereocenters. The second-order valence-corrected chi connectivity index (χ2v) is 7.87. The molecule has 0 N–H and O–H groups in total. The number of rotatable bonds is 8. The van der Waals surface area contributed by atoms with Crippen LogP contribution in [0.25, 0.3) is 0 Å². The first-order valence-corrected chi connectivity index (χ1v) is 9.08. The standard InChI is InChI=1S/C15H25ClO2Si/c1-12(2)17-19(18-13(3)4)15(11-16)10-14-8-6-5-7-9-14/h5-9,12-13,15,19H,10-11H2,1-4H3. The van der Waals surface area contributed by atoms with Crippen LogP contribution < -0.4 is 0 Å². The highest BCUT2D eigenvalue weighted by atomic mass is 35.5. The summed E-state index contributed by atoms with van der Waals surface area (Å²) in [5.74, 6) is 0.589. The molecule has 0 aliphatic heterocycles. The molecule has 2 nitrogen and oxygen atoms in total. The van der Waals surface area contributed by atoms with Gasteiger partial charge in [-0.2, -0.15) is 0 Å². The van der Waals surface area contributed by atoms with Gasteiger partial charge in [-0.05, 0) is 39.7 Å². The Hall–Kier alpha value is -0.353. The van der Waals surface area contributed by atoms with Crippen molar-refractivity contribution in [3.8, 4) is 0 Å². The van der Waals surface area contributed by atoms with Gasteiger partial charge in [0.25, 0.3) is 0 Å². The molecular weight excluding hydrogens is 276 g/mol. The van der Waals surface area contributed by atoms with Crippen LogP contribution in [0.2, 0.25) is 5.54 Å². The molecule has 0 saturated heterocycles. The summed E-state index contributed by atoms with van der Waals surface area (Å²) in [4.78, 5) is 0. The van der Waals surface area contributed by atoms with E-state index in [9.17, 15) is 0 Å². The van der Waals surface area contributed by atoms with E-state index in [1.807, 2.05) is 6.07 Å². The van der Waals surface area contributed by atoms with E-state index in [2.05, 4.69) is 52.0 Å². The van der Waals surface area contributed by atoms with Crippen molar-refractivity contribution in [2.45, 2.75) is 51.9 Å². The number of benzene rings is 1. The first kappa shape index (κ1) is 16.7. The maximum absolute atomic E-state index is 6.15. The molecule has 0 bridgehead atoms. The summed E-state index contributed by atoms with van der Waals surface area (Å²) in [5.41, 5.74) is 1.60. The summed E-state index contributed by atoms with van der Waals surface area (Å²) >= 11 is 6.15. The van der Waals surface area contributed by atoms with Crippen molar-refractivity contribution in [3.05, 3.63) is 35.9 Å². The predicted molar refractivity (Wildman–Crippen MR) is 84.2 cm³/mol. The van der Waals surface area contributed by atoms with Crippen LogP contribution in [0.5, 0.6) is 0 Å². The first-order chi connectivity index (χ1) is 9.02. The number of hydrogen-bond acceptors (Lipinski definition) is 2. The molecule has 1 atom stereocenters. The predicted octanol–water partition coefficient (Wildman–Crippen LogP) is 3.91. The summed E-state index contributed by atoms with van der Waals surface area (Å²) < 4.78 is 12.0. The van der Waals surface area contributed by atoms with Crippen LogP contribution in [0.1, 0.15) is 33.3 Å². The third kappa shape index (κ3) is 6.57. The number of alkyl halides is 1. The Morgan fingerprint density at radius 1 is 1.00 bits per heavy atom. The zero-order valence-corrected chi connectivity index (χ0v) is 14.2. The van der Waals surface area contributed by atoms with Gasteiger partial charge in [0, 0.05) is 23.6 Å². The zero-order chi connectivity index (χ0) is 14.3. The molecule has 0 radical (unpaired) electrons. The van der Waals surface area contributed by atoms with Crippen LogP contribution >= 0.6 is 11.6 Å². The minimum atomic E-state index is -1.77. The Labute approximate surface area is 123 Å². The highest BCUT2D eigenvalue weighted by molar-refractivity contribution is 6.48. The molecule has 0 amide bonds. The molecule has 0 fully saturated rings. The van der Waals surface area contributed by atoms with Crippen LogP contribution in [0, 0.1) is 0 Å². The Kier molecular flexibility index (Phi) is 7.69. The fraction of sp³-hybridized carbons (Fsp3) is 0.600. The van der Waals surface area contributed by atoms with Gasteiger partial charge in [-0.15, -0.1) is 11.6 Å². The Morgan fingerprint density at radius 3 is 1.95 bits per heavy atom. The van der Waals surface area contributed by atoms with Crippen molar-refractivity contribution in [2.24, 2.45) is 0 Å². The quantitative estimate of drug-likeness (QED) is 0.535. The van der Waals surface area contributed by atoms with Crippen molar-refractivity contribution in [1.82, 2.24) is 0 Å². The van der Waals surface area contributed by atoms with E-state index in [0.29, 0.717) is 11.4 Å².